The molecule has 0 saturated heterocycles. The van der Waals surface area contributed by atoms with Crippen molar-refractivity contribution in [3.05, 3.63) is 72.5 Å². The van der Waals surface area contributed by atoms with Gasteiger partial charge in [0.1, 0.15) is 0 Å². The van der Waals surface area contributed by atoms with E-state index in [4.69, 9.17) is 39.5 Å². The Balaban J connectivity index is 2.26. The zero-order valence-corrected chi connectivity index (χ0v) is 14.7. The molecular formula is C17H15BCl3NO. The van der Waals surface area contributed by atoms with Crippen molar-refractivity contribution >= 4 is 57.9 Å². The summed E-state index contributed by atoms with van der Waals surface area (Å²) in [7, 11) is 0. The molecule has 2 nitrogen and oxygen atoms in total. The number of hydrogen-bond donors (Lipinski definition) is 1. The summed E-state index contributed by atoms with van der Waals surface area (Å²) in [4.78, 5) is 3.35. The molecule has 0 saturated carbocycles. The van der Waals surface area contributed by atoms with Crippen LogP contribution in [0.5, 0.6) is 0 Å². The predicted octanol–water partition coefficient (Wildman–Crippen LogP) is 2.07. The van der Waals surface area contributed by atoms with E-state index >= 15 is 0 Å². The highest BCUT2D eigenvalue weighted by Gasteiger charge is 2.46. The summed E-state index contributed by atoms with van der Waals surface area (Å²) < 4.78 is 4.73. The lowest BCUT2D eigenvalue weighted by atomic mass is 9.42. The van der Waals surface area contributed by atoms with Gasteiger partial charge in [-0.05, 0) is 6.92 Å². The molecule has 1 aliphatic rings. The molecule has 6 heteroatoms. The zero-order valence-electron chi connectivity index (χ0n) is 12.5. The molecule has 0 amide bonds. The number of nitrogens with one attached hydrogen (secondary N) is 1. The van der Waals surface area contributed by atoms with Gasteiger partial charge >= 0.3 is 6.48 Å². The van der Waals surface area contributed by atoms with Crippen LogP contribution < -0.4 is 15.8 Å². The Bertz CT molecular complexity index is 715. The minimum absolute atomic E-state index is 0.499. The molecule has 23 heavy (non-hydrogen) atoms. The third kappa shape index (κ3) is 3.28. The lowest BCUT2D eigenvalue weighted by molar-refractivity contribution is -0.324. The van der Waals surface area contributed by atoms with Crippen molar-refractivity contribution < 1.29 is 9.56 Å². The van der Waals surface area contributed by atoms with Gasteiger partial charge in [-0.15, -0.1) is 0 Å². The topological polar surface area (TPSA) is 23.2 Å². The summed E-state index contributed by atoms with van der Waals surface area (Å²) in [6.45, 7) is 0.0909. The fourth-order valence-electron chi connectivity index (χ4n) is 2.91. The van der Waals surface area contributed by atoms with E-state index in [2.05, 4.69) is 4.90 Å². The normalized spacial score (nSPS) is 17.0. The largest absolute Gasteiger partial charge is 0.654 e. The summed E-state index contributed by atoms with van der Waals surface area (Å²) in [6.07, 6.45) is 1.72. The third-order valence-electron chi connectivity index (χ3n) is 3.91. The molecule has 0 fully saturated rings. The summed E-state index contributed by atoms with van der Waals surface area (Å²) in [5.74, 6) is 0.692. The van der Waals surface area contributed by atoms with E-state index in [0.29, 0.717) is 11.5 Å². The van der Waals surface area contributed by atoms with Crippen molar-refractivity contribution in [3.63, 3.8) is 0 Å². The molecule has 0 radical (unpaired) electrons. The molecule has 2 aromatic rings. The van der Waals surface area contributed by atoms with Gasteiger partial charge in [0.05, 0.1) is 5.76 Å². The monoisotopic (exact) mass is 365 g/mol. The smallest absolute Gasteiger partial charge is 0.506 e. The van der Waals surface area contributed by atoms with Crippen LogP contribution in [0.25, 0.3) is 0 Å². The van der Waals surface area contributed by atoms with Crippen LogP contribution in [-0.4, -0.2) is 16.0 Å². The van der Waals surface area contributed by atoms with Crippen molar-refractivity contribution in [1.29, 1.82) is 0 Å². The van der Waals surface area contributed by atoms with Gasteiger partial charge in [0.25, 0.3) is 3.79 Å². The second-order valence-corrected chi connectivity index (χ2v) is 7.82. The van der Waals surface area contributed by atoms with Gasteiger partial charge in [-0.3, -0.25) is 0 Å². The Morgan fingerprint density at radius 1 is 0.870 bits per heavy atom. The van der Waals surface area contributed by atoms with E-state index in [1.54, 1.807) is 6.08 Å². The minimum Gasteiger partial charge on any atom is -0.654 e. The fourth-order valence-corrected chi connectivity index (χ4v) is 3.24. The van der Waals surface area contributed by atoms with Crippen molar-refractivity contribution in [2.24, 2.45) is 0 Å². The van der Waals surface area contributed by atoms with Gasteiger partial charge in [-0.25, -0.2) is 0 Å². The number of rotatable bonds is 2. The average molecular weight is 366 g/mol. The van der Waals surface area contributed by atoms with Crippen molar-refractivity contribution in [3.8, 4) is 0 Å². The summed E-state index contributed by atoms with van der Waals surface area (Å²) in [5, 5.41) is 0. The molecule has 1 heterocycles. The highest BCUT2D eigenvalue weighted by atomic mass is 35.6. The van der Waals surface area contributed by atoms with Gasteiger partial charge < -0.3 is 9.56 Å². The molecule has 0 aromatic heterocycles. The van der Waals surface area contributed by atoms with Gasteiger partial charge in [-0.2, -0.15) is 0 Å². The van der Waals surface area contributed by atoms with Crippen LogP contribution >= 0.6 is 34.8 Å². The lowest BCUT2D eigenvalue weighted by Gasteiger charge is -2.37. The van der Waals surface area contributed by atoms with Crippen molar-refractivity contribution in [2.75, 3.05) is 0 Å². The van der Waals surface area contributed by atoms with Gasteiger partial charge in [0.15, 0.2) is 5.71 Å². The maximum absolute atomic E-state index is 6.29. The maximum atomic E-state index is 6.29. The Morgan fingerprint density at radius 2 is 1.35 bits per heavy atom. The Hall–Kier alpha value is -1.42. The van der Waals surface area contributed by atoms with Crippen LogP contribution in [0.15, 0.2) is 72.5 Å². The first-order valence-electron chi connectivity index (χ1n) is 7.27. The van der Waals surface area contributed by atoms with Crippen LogP contribution in [0.2, 0.25) is 0 Å². The predicted molar refractivity (Wildman–Crippen MR) is 99.0 cm³/mol. The van der Waals surface area contributed by atoms with Crippen LogP contribution in [0.4, 0.5) is 0 Å². The van der Waals surface area contributed by atoms with Crippen molar-refractivity contribution in [2.45, 2.75) is 10.7 Å². The fraction of sp³-hybridized carbons (Fsp3) is 0.118. The molecule has 0 atom stereocenters. The second kappa shape index (κ2) is 6.24. The van der Waals surface area contributed by atoms with Gasteiger partial charge in [-0.1, -0.05) is 106 Å². The Morgan fingerprint density at radius 3 is 1.78 bits per heavy atom. The summed E-state index contributed by atoms with van der Waals surface area (Å²) in [6, 6.07) is 19.8. The summed E-state index contributed by atoms with van der Waals surface area (Å²) >= 11 is 18.4. The van der Waals surface area contributed by atoms with Gasteiger partial charge in [0.2, 0.25) is 0 Å². The van der Waals surface area contributed by atoms with Crippen LogP contribution in [-0.2, 0) is 4.65 Å². The van der Waals surface area contributed by atoms with E-state index in [1.165, 1.54) is 0 Å². The molecule has 2 aromatic carbocycles. The first-order chi connectivity index (χ1) is 10.9. The molecule has 1 N–H and O–H groups in total. The number of alkyl halides is 3. The Labute approximate surface area is 150 Å². The van der Waals surface area contributed by atoms with E-state index in [9.17, 15) is 0 Å². The number of benzene rings is 2. The highest BCUT2D eigenvalue weighted by Crippen LogP contribution is 2.28. The number of halogens is 3. The minimum atomic E-state index is -1.77. The summed E-state index contributed by atoms with van der Waals surface area (Å²) in [5.41, 5.74) is 2.47. The molecule has 118 valence electrons. The first kappa shape index (κ1) is 16.4. The molecule has 0 bridgehead atoms. The van der Waals surface area contributed by atoms with Gasteiger partial charge in [0, 0.05) is 6.08 Å². The molecule has 0 unspecified atom stereocenters. The van der Waals surface area contributed by atoms with E-state index in [0.717, 1.165) is 10.9 Å². The maximum Gasteiger partial charge on any atom is 0.506 e. The standard InChI is InChI=1S/C17H15BCl3NO/c1-13-12-16(17(19,20)21)22-18(23-13,14-8-4-2-5-9-14)15-10-6-3-7-11-15/h2-12,22H,1H3. The molecule has 3 rings (SSSR count). The average Bonchev–Trinajstić information content (AvgIpc) is 2.55. The van der Waals surface area contributed by atoms with E-state index in [-0.39, 0.29) is 0 Å². The number of allylic oxidation sites excluding steroid dienone is 2. The quantitative estimate of drug-likeness (QED) is 0.638. The van der Waals surface area contributed by atoms with E-state index < -0.39 is 10.3 Å². The van der Waals surface area contributed by atoms with Crippen molar-refractivity contribution in [1.82, 2.24) is 0 Å². The van der Waals surface area contributed by atoms with Crippen LogP contribution in [0, 0.1) is 0 Å². The third-order valence-corrected chi connectivity index (χ3v) is 4.52. The molecular weight excluding hydrogens is 351 g/mol. The first-order valence-corrected chi connectivity index (χ1v) is 8.41. The second-order valence-electron chi connectivity index (χ2n) is 5.54. The number of hydrogen-bond acceptors (Lipinski definition) is 1. The zero-order chi connectivity index (χ0) is 16.5. The lowest BCUT2D eigenvalue weighted by Crippen LogP contribution is -3.02. The molecule has 0 aliphatic carbocycles. The Kier molecular flexibility index (Phi) is 4.46. The SMILES string of the molecule is CC1=CC(C(Cl)(Cl)Cl)=[NH+][B-](c2ccccc2)(c2ccccc2)O1. The molecule has 0 spiro atoms. The van der Waals surface area contributed by atoms with Crippen LogP contribution in [0.3, 0.4) is 0 Å². The molecule has 1 aliphatic heterocycles. The highest BCUT2D eigenvalue weighted by molar-refractivity contribution is 6.91. The van der Waals surface area contributed by atoms with Crippen LogP contribution in [0.1, 0.15) is 6.92 Å². The van der Waals surface area contributed by atoms with E-state index in [1.807, 2.05) is 67.6 Å².